The van der Waals surface area contributed by atoms with Crippen LogP contribution in [0.25, 0.3) is 0 Å². The minimum atomic E-state index is -4.48. The molecule has 0 radical (unpaired) electrons. The number of hydrogen-bond donors (Lipinski definition) is 3. The molecule has 0 aromatic carbocycles. The average Bonchev–Trinajstić information content (AvgIpc) is 2.29. The van der Waals surface area contributed by atoms with Crippen LogP contribution in [0.1, 0.15) is 12.8 Å². The van der Waals surface area contributed by atoms with Gasteiger partial charge in [-0.1, -0.05) is 0 Å². The number of carboxylic acids is 1. The maximum Gasteiger partial charge on any atom is 0.394 e. The van der Waals surface area contributed by atoms with Gasteiger partial charge in [0.2, 0.25) is 0 Å². The first kappa shape index (κ1) is 19.1. The molecule has 6 nitrogen and oxygen atoms in total. The van der Waals surface area contributed by atoms with Gasteiger partial charge in [0.15, 0.2) is 0 Å². The molecule has 120 valence electrons. The smallest absolute Gasteiger partial charge is 0.394 e. The molecule has 0 aliphatic heterocycles. The first-order chi connectivity index (χ1) is 8.99. The van der Waals surface area contributed by atoms with E-state index in [2.05, 4.69) is 4.74 Å². The van der Waals surface area contributed by atoms with E-state index in [4.69, 9.17) is 15.6 Å². The maximum absolute atomic E-state index is 12.6. The third kappa shape index (κ3) is 7.65. The number of nitrogens with one attached hydrogen (secondary N) is 1. The Morgan fingerprint density at radius 3 is 2.30 bits per heavy atom. The third-order valence-corrected chi connectivity index (χ3v) is 4.49. The minimum Gasteiger partial charge on any atom is -0.480 e. The highest BCUT2D eigenvalue weighted by Crippen LogP contribution is 2.29. The zero-order chi connectivity index (χ0) is 16.0. The Balaban J connectivity index is 4.42. The van der Waals surface area contributed by atoms with Crippen molar-refractivity contribution in [2.75, 3.05) is 25.2 Å². The number of alkyl halides is 3. The Bertz CT molecular complexity index is 411. The number of aliphatic carboxylic acids is 1. The van der Waals surface area contributed by atoms with Crippen molar-refractivity contribution in [3.63, 3.8) is 0 Å². The predicted molar refractivity (Wildman–Crippen MR) is 66.9 cm³/mol. The van der Waals surface area contributed by atoms with Crippen molar-refractivity contribution in [2.45, 2.75) is 25.1 Å². The van der Waals surface area contributed by atoms with E-state index >= 15 is 0 Å². The van der Waals surface area contributed by atoms with Crippen LogP contribution in [0.2, 0.25) is 0 Å². The molecule has 4 N–H and O–H groups in total. The van der Waals surface area contributed by atoms with Crippen molar-refractivity contribution < 1.29 is 32.0 Å². The molecular weight excluding hydrogens is 301 g/mol. The zero-order valence-electron chi connectivity index (χ0n) is 11.0. The van der Waals surface area contributed by atoms with Gasteiger partial charge in [-0.25, -0.2) is 4.21 Å². The van der Waals surface area contributed by atoms with Crippen LogP contribution in [0.4, 0.5) is 13.2 Å². The van der Waals surface area contributed by atoms with Crippen LogP contribution in [0.5, 0.6) is 0 Å². The van der Waals surface area contributed by atoms with E-state index in [0.717, 1.165) is 7.11 Å². The van der Waals surface area contributed by atoms with Crippen LogP contribution in [0, 0.1) is 10.7 Å². The Morgan fingerprint density at radius 1 is 1.40 bits per heavy atom. The van der Waals surface area contributed by atoms with Crippen LogP contribution in [0.15, 0.2) is 0 Å². The summed E-state index contributed by atoms with van der Waals surface area (Å²) < 4.78 is 61.4. The largest absolute Gasteiger partial charge is 0.480 e. The number of carbonyl (C=O) groups is 1. The summed E-state index contributed by atoms with van der Waals surface area (Å²) in [4.78, 5) is 10.5. The lowest BCUT2D eigenvalue weighted by Gasteiger charge is -2.20. The van der Waals surface area contributed by atoms with Crippen molar-refractivity contribution >= 4 is 15.7 Å². The van der Waals surface area contributed by atoms with Crippen LogP contribution >= 0.6 is 0 Å². The summed E-state index contributed by atoms with van der Waals surface area (Å²) in [6.07, 6.45) is -5.19. The van der Waals surface area contributed by atoms with Crippen molar-refractivity contribution in [3.05, 3.63) is 0 Å². The highest BCUT2D eigenvalue weighted by Gasteiger charge is 2.39. The first-order valence-corrected chi connectivity index (χ1v) is 7.67. The molecule has 2 unspecified atom stereocenters. The molecule has 0 spiro atoms. The number of carboxylic acid groups (broad SMARTS) is 1. The van der Waals surface area contributed by atoms with Gasteiger partial charge in [-0.15, -0.1) is 0 Å². The fraction of sp³-hybridized carbons (Fsp3) is 0.900. The predicted octanol–water partition coefficient (Wildman–Crippen LogP) is 1.05. The molecule has 10 heteroatoms. The Labute approximate surface area is 115 Å². The van der Waals surface area contributed by atoms with E-state index in [1.807, 2.05) is 0 Å². The van der Waals surface area contributed by atoms with Gasteiger partial charge in [-0.05, 0) is 12.8 Å². The standard InChI is InChI=1S/C10H19F3N2O4S/c1-19-6-7(10(11,12)13)2-4-20(15,18)5-3-8(14)9(16)17/h7-8,15H,2-6,14H2,1H3,(H,16,17)/t7?,8-,20?/m0/s1. The fourth-order valence-electron chi connectivity index (χ4n) is 1.42. The highest BCUT2D eigenvalue weighted by molar-refractivity contribution is 7.92. The third-order valence-electron chi connectivity index (χ3n) is 2.70. The Morgan fingerprint density at radius 2 is 1.90 bits per heavy atom. The zero-order valence-corrected chi connectivity index (χ0v) is 11.8. The SMILES string of the molecule is COCC(CCS(=N)(=O)CC[C@H](N)C(=O)O)C(F)(F)F. The van der Waals surface area contributed by atoms with Gasteiger partial charge in [0, 0.05) is 28.3 Å². The van der Waals surface area contributed by atoms with E-state index in [1.165, 1.54) is 0 Å². The van der Waals surface area contributed by atoms with Crippen molar-refractivity contribution in [3.8, 4) is 0 Å². The molecule has 0 saturated carbocycles. The molecule has 0 fully saturated rings. The molecule has 0 amide bonds. The highest BCUT2D eigenvalue weighted by atomic mass is 32.2. The van der Waals surface area contributed by atoms with Gasteiger partial charge in [-0.3, -0.25) is 9.57 Å². The number of ether oxygens (including phenoxy) is 1. The average molecular weight is 320 g/mol. The lowest BCUT2D eigenvalue weighted by atomic mass is 10.1. The lowest BCUT2D eigenvalue weighted by Crippen LogP contribution is -2.33. The monoisotopic (exact) mass is 320 g/mol. The van der Waals surface area contributed by atoms with E-state index in [0.29, 0.717) is 0 Å². The summed E-state index contributed by atoms with van der Waals surface area (Å²) in [5, 5.41) is 8.53. The molecule has 20 heavy (non-hydrogen) atoms. The van der Waals surface area contributed by atoms with Gasteiger partial charge in [0.25, 0.3) is 0 Å². The second-order valence-electron chi connectivity index (χ2n) is 4.44. The molecule has 0 bridgehead atoms. The van der Waals surface area contributed by atoms with Crippen LogP contribution < -0.4 is 5.73 Å². The first-order valence-electron chi connectivity index (χ1n) is 5.78. The van der Waals surface area contributed by atoms with Crippen molar-refractivity contribution in [2.24, 2.45) is 11.7 Å². The molecule has 3 atom stereocenters. The molecule has 0 aromatic rings. The van der Waals surface area contributed by atoms with Crippen LogP contribution in [-0.4, -0.2) is 52.7 Å². The topological polar surface area (TPSA) is 113 Å². The summed E-state index contributed by atoms with van der Waals surface area (Å²) in [5.41, 5.74) is 5.19. The summed E-state index contributed by atoms with van der Waals surface area (Å²) in [6, 6.07) is -1.27. The number of halogens is 3. The minimum absolute atomic E-state index is 0.210. The van der Waals surface area contributed by atoms with Gasteiger partial charge < -0.3 is 15.6 Å². The molecule has 0 saturated heterocycles. The summed E-state index contributed by atoms with van der Waals surface area (Å²) in [7, 11) is -2.16. The molecular formula is C10H19F3N2O4S. The normalized spacial score (nSPS) is 18.2. The van der Waals surface area contributed by atoms with E-state index in [-0.39, 0.29) is 12.2 Å². The van der Waals surface area contributed by atoms with Gasteiger partial charge in [0.05, 0.1) is 12.5 Å². The second-order valence-corrected chi connectivity index (χ2v) is 6.88. The fourth-order valence-corrected chi connectivity index (χ4v) is 2.92. The number of hydrogen-bond acceptors (Lipinski definition) is 5. The molecule has 0 aliphatic carbocycles. The Hall–Kier alpha value is -0.870. The molecule has 0 aromatic heterocycles. The Kier molecular flexibility index (Phi) is 7.45. The van der Waals surface area contributed by atoms with Crippen molar-refractivity contribution in [1.82, 2.24) is 0 Å². The second kappa shape index (κ2) is 7.79. The lowest BCUT2D eigenvalue weighted by molar-refractivity contribution is -0.186. The number of methoxy groups -OCH3 is 1. The van der Waals surface area contributed by atoms with Gasteiger partial charge in [0.1, 0.15) is 6.04 Å². The molecule has 0 rings (SSSR count). The van der Waals surface area contributed by atoms with Gasteiger partial charge >= 0.3 is 12.1 Å². The van der Waals surface area contributed by atoms with Crippen molar-refractivity contribution in [1.29, 1.82) is 4.78 Å². The van der Waals surface area contributed by atoms with Crippen LogP contribution in [-0.2, 0) is 19.3 Å². The summed E-state index contributed by atoms with van der Waals surface area (Å²) in [5.74, 6) is -3.88. The van der Waals surface area contributed by atoms with E-state index in [9.17, 15) is 22.2 Å². The summed E-state index contributed by atoms with van der Waals surface area (Å²) >= 11 is 0. The summed E-state index contributed by atoms with van der Waals surface area (Å²) in [6.45, 7) is -0.562. The van der Waals surface area contributed by atoms with Crippen LogP contribution in [0.3, 0.4) is 0 Å². The number of nitrogens with two attached hydrogens (primary N) is 1. The quantitative estimate of drug-likeness (QED) is 0.587. The van der Waals surface area contributed by atoms with Gasteiger partial charge in [-0.2, -0.15) is 13.2 Å². The van der Waals surface area contributed by atoms with E-state index in [1.54, 1.807) is 0 Å². The maximum atomic E-state index is 12.6. The number of rotatable bonds is 9. The molecule has 0 aliphatic rings. The molecule has 0 heterocycles. The van der Waals surface area contributed by atoms with E-state index < -0.39 is 52.6 Å².